The monoisotopic (exact) mass is 825 g/mol. The normalized spacial score (nSPS) is 20.0. The molecule has 0 heterocycles. The van der Waals surface area contributed by atoms with Crippen LogP contribution < -0.4 is 10.6 Å². The topological polar surface area (TPSA) is 142 Å². The molecule has 1 saturated carbocycles. The van der Waals surface area contributed by atoms with Gasteiger partial charge in [-0.3, -0.25) is 4.79 Å². The summed E-state index contributed by atoms with van der Waals surface area (Å²) in [6.07, 6.45) is 41.7. The molecule has 1 aliphatic carbocycles. The molecule has 1 amide bonds. The van der Waals surface area contributed by atoms with Crippen LogP contribution in [0, 0.1) is 0 Å². The summed E-state index contributed by atoms with van der Waals surface area (Å²) in [5.41, 5.74) is 0. The van der Waals surface area contributed by atoms with Crippen LogP contribution in [0.1, 0.15) is 264 Å². The summed E-state index contributed by atoms with van der Waals surface area (Å²) in [4.78, 5) is 13.0. The number of carbonyl (C=O) groups is 1. The quantitative estimate of drug-likeness (QED) is 0.0304. The highest BCUT2D eigenvalue weighted by atomic mass is 16.4. The maximum Gasteiger partial charge on any atom is 0.220 e. The Balaban J connectivity index is 2.19. The van der Waals surface area contributed by atoms with Crippen molar-refractivity contribution in [2.75, 3.05) is 6.54 Å². The van der Waals surface area contributed by atoms with Crippen LogP contribution in [-0.4, -0.2) is 80.6 Å². The maximum absolute atomic E-state index is 13.0. The Morgan fingerprint density at radius 1 is 0.483 bits per heavy atom. The predicted octanol–water partition coefficient (Wildman–Crippen LogP) is 11.5. The molecule has 0 aromatic rings. The van der Waals surface area contributed by atoms with Gasteiger partial charge < -0.3 is 36.2 Å². The molecular weight excluding hydrogens is 725 g/mol. The van der Waals surface area contributed by atoms with Gasteiger partial charge in [-0.15, -0.1) is 0 Å². The average molecular weight is 825 g/mol. The summed E-state index contributed by atoms with van der Waals surface area (Å²) >= 11 is 0. The zero-order chi connectivity index (χ0) is 42.3. The fraction of sp³-hybridized carbons (Fsp3) is 0.980. The molecule has 1 aliphatic rings. The van der Waals surface area contributed by atoms with Gasteiger partial charge in [-0.2, -0.15) is 0 Å². The molecule has 8 nitrogen and oxygen atoms in total. The van der Waals surface area contributed by atoms with Gasteiger partial charge in [-0.25, -0.2) is 0 Å². The van der Waals surface area contributed by atoms with Gasteiger partial charge in [0.25, 0.3) is 0 Å². The van der Waals surface area contributed by atoms with E-state index in [1.54, 1.807) is 0 Å². The van der Waals surface area contributed by atoms with E-state index in [2.05, 4.69) is 24.5 Å². The average Bonchev–Trinajstić information content (AvgIpc) is 3.22. The first-order valence-corrected chi connectivity index (χ1v) is 25.7. The Labute approximate surface area is 359 Å². The third kappa shape index (κ3) is 31.1. The number of hydrogen-bond donors (Lipinski definition) is 7. The van der Waals surface area contributed by atoms with Crippen molar-refractivity contribution in [2.45, 2.75) is 307 Å². The largest absolute Gasteiger partial charge is 0.390 e. The maximum atomic E-state index is 13.0. The van der Waals surface area contributed by atoms with Crippen molar-refractivity contribution in [3.8, 4) is 0 Å². The molecule has 0 unspecified atom stereocenters. The number of hydrogen-bond acceptors (Lipinski definition) is 7. The van der Waals surface area contributed by atoms with Crippen LogP contribution in [0.5, 0.6) is 0 Å². The summed E-state index contributed by atoms with van der Waals surface area (Å²) in [7, 11) is 0. The third-order valence-electron chi connectivity index (χ3n) is 13.0. The van der Waals surface area contributed by atoms with Crippen LogP contribution in [0.4, 0.5) is 0 Å². The third-order valence-corrected chi connectivity index (χ3v) is 13.0. The number of carbonyl (C=O) groups excluding carboxylic acids is 1. The van der Waals surface area contributed by atoms with E-state index < -0.39 is 42.6 Å². The number of amides is 1. The SMILES string of the molecule is CCCCCCCCCCCCCCCCCCCCCCCCCC(=O)N[C@@H](CN[C@H]1CC[C@H](O)[C@H](O)[C@H]1O)[C@H](O)[C@H](O)CCCCCCCCCCCCCC. The van der Waals surface area contributed by atoms with E-state index in [0.29, 0.717) is 25.7 Å². The lowest BCUT2D eigenvalue weighted by Crippen LogP contribution is -2.59. The van der Waals surface area contributed by atoms with E-state index in [-0.39, 0.29) is 12.5 Å². The fourth-order valence-corrected chi connectivity index (χ4v) is 8.90. The van der Waals surface area contributed by atoms with Gasteiger partial charge in [0, 0.05) is 19.0 Å². The molecule has 0 bridgehead atoms. The lowest BCUT2D eigenvalue weighted by molar-refractivity contribution is -0.123. The Kier molecular flexibility index (Phi) is 38.4. The number of nitrogens with one attached hydrogen (secondary N) is 2. The lowest BCUT2D eigenvalue weighted by Gasteiger charge is -2.37. The van der Waals surface area contributed by atoms with E-state index >= 15 is 0 Å². The minimum absolute atomic E-state index is 0.133. The first-order valence-electron chi connectivity index (χ1n) is 25.7. The van der Waals surface area contributed by atoms with Crippen molar-refractivity contribution in [3.05, 3.63) is 0 Å². The molecule has 7 N–H and O–H groups in total. The molecular formula is C50H100N2O6. The number of unbranched alkanes of at least 4 members (excludes halogenated alkanes) is 33. The Morgan fingerprint density at radius 3 is 1.21 bits per heavy atom. The van der Waals surface area contributed by atoms with Crippen LogP contribution in [0.15, 0.2) is 0 Å². The highest BCUT2D eigenvalue weighted by Crippen LogP contribution is 2.21. The van der Waals surface area contributed by atoms with E-state index in [1.165, 1.54) is 186 Å². The van der Waals surface area contributed by atoms with Crippen LogP contribution in [-0.2, 0) is 4.79 Å². The summed E-state index contributed by atoms with van der Waals surface area (Å²) in [6.45, 7) is 4.70. The summed E-state index contributed by atoms with van der Waals surface area (Å²) in [5.74, 6) is -0.133. The number of aliphatic hydroxyl groups is 5. The minimum Gasteiger partial charge on any atom is -0.390 e. The second-order valence-electron chi connectivity index (χ2n) is 18.6. The molecule has 346 valence electrons. The fourth-order valence-electron chi connectivity index (χ4n) is 8.90. The molecule has 0 saturated heterocycles. The molecule has 58 heavy (non-hydrogen) atoms. The van der Waals surface area contributed by atoms with Gasteiger partial charge in [0.05, 0.1) is 24.4 Å². The van der Waals surface area contributed by atoms with Crippen molar-refractivity contribution in [1.82, 2.24) is 10.6 Å². The molecule has 1 fully saturated rings. The van der Waals surface area contributed by atoms with Gasteiger partial charge in [-0.05, 0) is 25.7 Å². The smallest absolute Gasteiger partial charge is 0.220 e. The molecule has 1 rings (SSSR count). The predicted molar refractivity (Wildman–Crippen MR) is 245 cm³/mol. The first-order chi connectivity index (χ1) is 28.3. The van der Waals surface area contributed by atoms with Gasteiger partial charge in [0.2, 0.25) is 5.91 Å². The lowest BCUT2D eigenvalue weighted by atomic mass is 9.87. The standard InChI is InChI=1S/C50H100N2O6/c1-3-5-7-9-11-13-15-17-18-19-20-21-22-23-24-25-26-27-29-31-33-35-37-39-47(55)52-44(42-51-43-40-41-46(54)50(58)49(43)57)48(56)45(53)38-36-34-32-30-28-16-14-12-10-8-6-4-2/h43-46,48-51,53-54,56-58H,3-42H2,1-2H3,(H,52,55)/t43-,44-,45+,46-,48-,49-,50-/m0/s1. The van der Waals surface area contributed by atoms with Crippen molar-refractivity contribution in [3.63, 3.8) is 0 Å². The van der Waals surface area contributed by atoms with Gasteiger partial charge >= 0.3 is 0 Å². The zero-order valence-corrected chi connectivity index (χ0v) is 38.5. The molecule has 8 heteroatoms. The van der Waals surface area contributed by atoms with E-state index in [9.17, 15) is 30.3 Å². The molecule has 0 aromatic carbocycles. The number of rotatable bonds is 43. The van der Waals surface area contributed by atoms with Crippen molar-refractivity contribution in [1.29, 1.82) is 0 Å². The molecule has 7 atom stereocenters. The van der Waals surface area contributed by atoms with Crippen molar-refractivity contribution < 1.29 is 30.3 Å². The summed E-state index contributed by atoms with van der Waals surface area (Å²) in [6, 6.07) is -1.19. The van der Waals surface area contributed by atoms with Gasteiger partial charge in [0.1, 0.15) is 12.2 Å². The van der Waals surface area contributed by atoms with E-state index in [4.69, 9.17) is 0 Å². The first kappa shape index (κ1) is 55.2. The van der Waals surface area contributed by atoms with Crippen LogP contribution >= 0.6 is 0 Å². The Bertz CT molecular complexity index is 879. The molecule has 0 aromatic heterocycles. The Morgan fingerprint density at radius 2 is 0.828 bits per heavy atom. The summed E-state index contributed by atoms with van der Waals surface area (Å²) < 4.78 is 0. The Hall–Kier alpha value is -0.770. The second-order valence-corrected chi connectivity index (χ2v) is 18.6. The molecule has 0 radical (unpaired) electrons. The minimum atomic E-state index is -1.24. The highest BCUT2D eigenvalue weighted by molar-refractivity contribution is 5.76. The zero-order valence-electron chi connectivity index (χ0n) is 38.5. The van der Waals surface area contributed by atoms with Crippen molar-refractivity contribution >= 4 is 5.91 Å². The van der Waals surface area contributed by atoms with Crippen LogP contribution in [0.2, 0.25) is 0 Å². The van der Waals surface area contributed by atoms with Crippen LogP contribution in [0.25, 0.3) is 0 Å². The second kappa shape index (κ2) is 40.3. The van der Waals surface area contributed by atoms with Gasteiger partial charge in [0.15, 0.2) is 0 Å². The van der Waals surface area contributed by atoms with Crippen molar-refractivity contribution in [2.24, 2.45) is 0 Å². The molecule has 0 spiro atoms. The highest BCUT2D eigenvalue weighted by Gasteiger charge is 2.37. The van der Waals surface area contributed by atoms with E-state index in [1.807, 2.05) is 0 Å². The number of aliphatic hydroxyl groups excluding tert-OH is 5. The summed E-state index contributed by atoms with van der Waals surface area (Å²) in [5, 5.41) is 58.9. The van der Waals surface area contributed by atoms with E-state index in [0.717, 1.165) is 38.5 Å². The van der Waals surface area contributed by atoms with Crippen LogP contribution in [0.3, 0.4) is 0 Å². The molecule has 0 aliphatic heterocycles. The van der Waals surface area contributed by atoms with Gasteiger partial charge in [-0.1, -0.05) is 232 Å².